The molecule has 1 aliphatic rings. The first-order valence-electron chi connectivity index (χ1n) is 5.15. The Kier molecular flexibility index (Phi) is 2.09. The molecule has 0 spiro atoms. The Morgan fingerprint density at radius 3 is 3.13 bits per heavy atom. The molecule has 1 fully saturated rings. The Balaban J connectivity index is 2.05. The quantitative estimate of drug-likeness (QED) is 0.799. The third-order valence-electron chi connectivity index (χ3n) is 2.84. The highest BCUT2D eigenvalue weighted by molar-refractivity contribution is 7.99. The minimum absolute atomic E-state index is 0.635. The maximum absolute atomic E-state index is 5.73. The van der Waals surface area contributed by atoms with Crippen molar-refractivity contribution in [3.63, 3.8) is 0 Å². The number of fused-ring (bicyclic) bond motifs is 1. The van der Waals surface area contributed by atoms with Crippen LogP contribution in [0.2, 0.25) is 0 Å². The van der Waals surface area contributed by atoms with Crippen molar-refractivity contribution in [1.29, 1.82) is 0 Å². The van der Waals surface area contributed by atoms with Crippen LogP contribution in [0.1, 0.15) is 18.0 Å². The third kappa shape index (κ3) is 1.59. The van der Waals surface area contributed by atoms with Crippen molar-refractivity contribution in [3.8, 4) is 0 Å². The monoisotopic (exact) mass is 219 g/mol. The van der Waals surface area contributed by atoms with Gasteiger partial charge < -0.3 is 10.1 Å². The molecule has 1 aliphatic heterocycles. The van der Waals surface area contributed by atoms with E-state index in [0.29, 0.717) is 5.92 Å². The predicted octanol–water partition coefficient (Wildman–Crippen LogP) is 2.14. The topological polar surface area (TPSA) is 43.3 Å². The number of hydrogen-bond donors (Lipinski definition) is 1. The van der Waals surface area contributed by atoms with Gasteiger partial charge in [-0.15, -0.1) is 0 Å². The first kappa shape index (κ1) is 9.09. The average Bonchev–Trinajstić information content (AvgIpc) is 2.84. The number of pyridine rings is 1. The van der Waals surface area contributed by atoms with E-state index in [2.05, 4.69) is 11.2 Å². The van der Waals surface area contributed by atoms with Crippen molar-refractivity contribution in [2.24, 2.45) is 0 Å². The van der Waals surface area contributed by atoms with E-state index >= 15 is 0 Å². The van der Waals surface area contributed by atoms with Crippen molar-refractivity contribution in [2.75, 3.05) is 17.2 Å². The first-order valence-corrected chi connectivity index (χ1v) is 6.30. The fraction of sp³-hybridized carbons (Fsp3) is 0.364. The fourth-order valence-electron chi connectivity index (χ4n) is 1.99. The van der Waals surface area contributed by atoms with Gasteiger partial charge in [0.05, 0.1) is 5.69 Å². The van der Waals surface area contributed by atoms with E-state index in [-0.39, 0.29) is 0 Å². The minimum Gasteiger partial charge on any atom is -0.398 e. The van der Waals surface area contributed by atoms with Crippen molar-refractivity contribution in [1.82, 2.24) is 9.38 Å². The third-order valence-corrected chi connectivity index (χ3v) is 4.00. The summed E-state index contributed by atoms with van der Waals surface area (Å²) in [5, 5.41) is 0. The SMILES string of the molecule is Nc1ccc2nc(C3CCSC3)cn2c1. The molecule has 0 aromatic carbocycles. The molecule has 1 atom stereocenters. The van der Waals surface area contributed by atoms with Crippen molar-refractivity contribution >= 4 is 23.1 Å². The normalized spacial score (nSPS) is 21.2. The van der Waals surface area contributed by atoms with E-state index in [4.69, 9.17) is 5.73 Å². The molecule has 78 valence electrons. The Morgan fingerprint density at radius 2 is 2.33 bits per heavy atom. The lowest BCUT2D eigenvalue weighted by molar-refractivity contribution is 0.759. The van der Waals surface area contributed by atoms with Gasteiger partial charge in [0, 0.05) is 29.8 Å². The summed E-state index contributed by atoms with van der Waals surface area (Å²) >= 11 is 2.02. The maximum Gasteiger partial charge on any atom is 0.137 e. The second-order valence-electron chi connectivity index (χ2n) is 3.95. The number of imidazole rings is 1. The summed E-state index contributed by atoms with van der Waals surface area (Å²) in [5.74, 6) is 3.11. The van der Waals surface area contributed by atoms with Crippen LogP contribution in [0.15, 0.2) is 24.5 Å². The molecule has 4 heteroatoms. The van der Waals surface area contributed by atoms with E-state index < -0.39 is 0 Å². The number of anilines is 1. The number of hydrogen-bond acceptors (Lipinski definition) is 3. The van der Waals surface area contributed by atoms with E-state index in [1.165, 1.54) is 23.6 Å². The molecule has 0 aliphatic carbocycles. The molecule has 2 aromatic heterocycles. The van der Waals surface area contributed by atoms with Gasteiger partial charge in [0.15, 0.2) is 0 Å². The molecule has 2 aromatic rings. The summed E-state index contributed by atoms with van der Waals surface area (Å²) in [4.78, 5) is 4.63. The Bertz CT molecular complexity index is 486. The van der Waals surface area contributed by atoms with E-state index in [1.807, 2.05) is 34.5 Å². The lowest BCUT2D eigenvalue weighted by atomic mass is 10.1. The highest BCUT2D eigenvalue weighted by Gasteiger charge is 2.20. The molecule has 2 N–H and O–H groups in total. The van der Waals surface area contributed by atoms with Gasteiger partial charge >= 0.3 is 0 Å². The second-order valence-corrected chi connectivity index (χ2v) is 5.10. The molecule has 1 saturated heterocycles. The van der Waals surface area contributed by atoms with Gasteiger partial charge in [-0.1, -0.05) is 0 Å². The number of nitrogens with zero attached hydrogens (tertiary/aromatic N) is 2. The van der Waals surface area contributed by atoms with Gasteiger partial charge in [-0.3, -0.25) is 0 Å². The van der Waals surface area contributed by atoms with Gasteiger partial charge in [-0.2, -0.15) is 11.8 Å². The fourth-order valence-corrected chi connectivity index (χ4v) is 3.23. The molecule has 0 amide bonds. The van der Waals surface area contributed by atoms with Gasteiger partial charge in [-0.25, -0.2) is 4.98 Å². The summed E-state index contributed by atoms with van der Waals surface area (Å²) in [6, 6.07) is 3.87. The number of thioether (sulfide) groups is 1. The average molecular weight is 219 g/mol. The molecule has 1 unspecified atom stereocenters. The standard InChI is InChI=1S/C11H13N3S/c12-9-1-2-11-13-10(6-14(11)5-9)8-3-4-15-7-8/h1-2,5-6,8H,3-4,7,12H2. The molecular weight excluding hydrogens is 206 g/mol. The minimum atomic E-state index is 0.635. The number of nitrogen functional groups attached to an aromatic ring is 1. The van der Waals surface area contributed by atoms with Gasteiger partial charge in [0.2, 0.25) is 0 Å². The van der Waals surface area contributed by atoms with E-state index in [0.717, 1.165) is 11.3 Å². The lowest BCUT2D eigenvalue weighted by Crippen LogP contribution is -1.95. The van der Waals surface area contributed by atoms with Crippen molar-refractivity contribution in [3.05, 3.63) is 30.2 Å². The molecular formula is C11H13N3S. The summed E-state index contributed by atoms with van der Waals surface area (Å²) in [7, 11) is 0. The molecule has 0 saturated carbocycles. The van der Waals surface area contributed by atoms with Crippen molar-refractivity contribution < 1.29 is 0 Å². The lowest BCUT2D eigenvalue weighted by Gasteiger charge is -2.01. The van der Waals surface area contributed by atoms with Crippen molar-refractivity contribution in [2.45, 2.75) is 12.3 Å². The molecule has 3 nitrogen and oxygen atoms in total. The summed E-state index contributed by atoms with van der Waals surface area (Å²) in [6.07, 6.45) is 5.29. The summed E-state index contributed by atoms with van der Waals surface area (Å²) < 4.78 is 2.02. The van der Waals surface area contributed by atoms with Crippen LogP contribution in [0.25, 0.3) is 5.65 Å². The number of nitrogens with two attached hydrogens (primary N) is 1. The van der Waals surface area contributed by atoms with Crippen LogP contribution in [0, 0.1) is 0 Å². The number of aromatic nitrogens is 2. The summed E-state index contributed by atoms with van der Waals surface area (Å²) in [5.41, 5.74) is 8.73. The van der Waals surface area contributed by atoms with E-state index in [9.17, 15) is 0 Å². The largest absolute Gasteiger partial charge is 0.398 e. The van der Waals surface area contributed by atoms with Crippen LogP contribution >= 0.6 is 11.8 Å². The zero-order valence-corrected chi connectivity index (χ0v) is 9.20. The highest BCUT2D eigenvalue weighted by atomic mass is 32.2. The zero-order valence-electron chi connectivity index (χ0n) is 8.39. The van der Waals surface area contributed by atoms with Crippen LogP contribution in [0.3, 0.4) is 0 Å². The molecule has 3 rings (SSSR count). The Morgan fingerprint density at radius 1 is 1.40 bits per heavy atom. The second kappa shape index (κ2) is 3.45. The molecule has 0 radical (unpaired) electrons. The van der Waals surface area contributed by atoms with Gasteiger partial charge in [0.1, 0.15) is 5.65 Å². The van der Waals surface area contributed by atoms with Gasteiger partial charge in [0.25, 0.3) is 0 Å². The smallest absolute Gasteiger partial charge is 0.137 e. The molecule has 3 heterocycles. The van der Waals surface area contributed by atoms with E-state index in [1.54, 1.807) is 0 Å². The van der Waals surface area contributed by atoms with Crippen LogP contribution in [0.4, 0.5) is 5.69 Å². The van der Waals surface area contributed by atoms with Crippen LogP contribution in [0.5, 0.6) is 0 Å². The highest BCUT2D eigenvalue weighted by Crippen LogP contribution is 2.31. The summed E-state index contributed by atoms with van der Waals surface area (Å²) in [6.45, 7) is 0. The molecule has 0 bridgehead atoms. The van der Waals surface area contributed by atoms with Crippen LogP contribution in [-0.4, -0.2) is 20.9 Å². The van der Waals surface area contributed by atoms with Crippen LogP contribution in [-0.2, 0) is 0 Å². The maximum atomic E-state index is 5.73. The number of rotatable bonds is 1. The first-order chi connectivity index (χ1) is 7.33. The Labute approximate surface area is 92.7 Å². The van der Waals surface area contributed by atoms with Gasteiger partial charge in [-0.05, 0) is 24.3 Å². The zero-order chi connectivity index (χ0) is 10.3. The van der Waals surface area contributed by atoms with Crippen LogP contribution < -0.4 is 5.73 Å². The Hall–Kier alpha value is -1.16. The molecule has 15 heavy (non-hydrogen) atoms. The predicted molar refractivity (Wildman–Crippen MR) is 64.3 cm³/mol.